The molecule has 0 saturated heterocycles. The molecule has 0 bridgehead atoms. The lowest BCUT2D eigenvalue weighted by atomic mass is 10.4. The number of rotatable bonds is 4. The van der Waals surface area contributed by atoms with Gasteiger partial charge in [0.1, 0.15) is 5.76 Å². The maximum atomic E-state index is 5.41. The van der Waals surface area contributed by atoms with Crippen molar-refractivity contribution in [3.8, 4) is 5.88 Å². The van der Waals surface area contributed by atoms with E-state index in [1.54, 1.807) is 18.6 Å². The summed E-state index contributed by atoms with van der Waals surface area (Å²) in [6.07, 6.45) is 8.49. The maximum Gasteiger partial charge on any atom is 0.217 e. The summed E-state index contributed by atoms with van der Waals surface area (Å²) in [4.78, 5) is 6.67. The molecule has 0 saturated carbocycles. The number of aromatic nitrogens is 2. The second kappa shape index (κ2) is 8.97. The minimum absolute atomic E-state index is 0.594. The van der Waals surface area contributed by atoms with E-state index in [2.05, 4.69) is 32.5 Å². The number of H-pyrrole nitrogens is 1. The van der Waals surface area contributed by atoms with Crippen LogP contribution in [0.15, 0.2) is 47.6 Å². The molecule has 0 spiro atoms. The van der Waals surface area contributed by atoms with E-state index in [1.165, 1.54) is 0 Å². The van der Waals surface area contributed by atoms with E-state index in [0.29, 0.717) is 11.6 Å². The van der Waals surface area contributed by atoms with Gasteiger partial charge in [0.15, 0.2) is 0 Å². The zero-order chi connectivity index (χ0) is 12.4. The number of ether oxygens (including phenoxy) is 1. The number of aromatic amines is 1. The fourth-order valence-electron chi connectivity index (χ4n) is 0.767. The molecule has 0 aliphatic carbocycles. The Balaban J connectivity index is 0.00000106. The van der Waals surface area contributed by atoms with Crippen molar-refractivity contribution in [1.29, 1.82) is 0 Å². The standard InChI is InChI=1S/C10H11BrN2O.C2H6/c1-3-9(5-4-8(2)11)14-10-6-12-7-13-10;1-2/h3-7H,1H2,2H3,(H,12,13);1-2H3/b8-4+,9-5+;. The first-order chi connectivity index (χ1) is 7.72. The summed E-state index contributed by atoms with van der Waals surface area (Å²) in [5.74, 6) is 1.25. The quantitative estimate of drug-likeness (QED) is 0.665. The highest BCUT2D eigenvalue weighted by Crippen LogP contribution is 2.10. The van der Waals surface area contributed by atoms with E-state index in [-0.39, 0.29) is 0 Å². The van der Waals surface area contributed by atoms with Crippen LogP contribution in [-0.2, 0) is 0 Å². The second-order valence-electron chi connectivity index (χ2n) is 2.54. The van der Waals surface area contributed by atoms with E-state index < -0.39 is 0 Å². The first-order valence-electron chi connectivity index (χ1n) is 5.05. The van der Waals surface area contributed by atoms with E-state index >= 15 is 0 Å². The van der Waals surface area contributed by atoms with Crippen LogP contribution in [-0.4, -0.2) is 9.97 Å². The van der Waals surface area contributed by atoms with Gasteiger partial charge in [-0.15, -0.1) is 0 Å². The molecule has 88 valence electrons. The highest BCUT2D eigenvalue weighted by atomic mass is 79.9. The molecule has 0 unspecified atom stereocenters. The number of allylic oxidation sites excluding steroid dienone is 4. The smallest absolute Gasteiger partial charge is 0.217 e. The lowest BCUT2D eigenvalue weighted by molar-refractivity contribution is 0.429. The number of nitrogens with zero attached hydrogens (tertiary/aromatic N) is 1. The summed E-state index contributed by atoms with van der Waals surface area (Å²) in [5, 5.41) is 0. The van der Waals surface area contributed by atoms with Crippen LogP contribution in [0.2, 0.25) is 0 Å². The van der Waals surface area contributed by atoms with Crippen molar-refractivity contribution in [3.05, 3.63) is 47.6 Å². The Kier molecular flexibility index (Phi) is 8.25. The van der Waals surface area contributed by atoms with Crippen LogP contribution in [0, 0.1) is 0 Å². The lowest BCUT2D eigenvalue weighted by Crippen LogP contribution is -1.91. The molecular formula is C12H17BrN2O. The second-order valence-corrected chi connectivity index (χ2v) is 3.80. The summed E-state index contributed by atoms with van der Waals surface area (Å²) in [7, 11) is 0. The number of hydrogen-bond donors (Lipinski definition) is 1. The van der Waals surface area contributed by atoms with E-state index in [0.717, 1.165) is 4.48 Å². The Bertz CT molecular complexity index is 349. The fourth-order valence-corrected chi connectivity index (χ4v) is 0.899. The predicted octanol–water partition coefficient (Wildman–Crippen LogP) is 4.18. The molecule has 1 aromatic rings. The highest BCUT2D eigenvalue weighted by molar-refractivity contribution is 9.11. The molecule has 4 heteroatoms. The third-order valence-corrected chi connectivity index (χ3v) is 1.64. The van der Waals surface area contributed by atoms with Crippen LogP contribution in [0.3, 0.4) is 0 Å². The fraction of sp³-hybridized carbons (Fsp3) is 0.250. The Morgan fingerprint density at radius 2 is 2.19 bits per heavy atom. The predicted molar refractivity (Wildman–Crippen MR) is 71.5 cm³/mol. The van der Waals surface area contributed by atoms with Gasteiger partial charge in [-0.3, -0.25) is 0 Å². The van der Waals surface area contributed by atoms with Crippen molar-refractivity contribution in [2.24, 2.45) is 0 Å². The maximum absolute atomic E-state index is 5.41. The molecule has 1 N–H and O–H groups in total. The van der Waals surface area contributed by atoms with Gasteiger partial charge < -0.3 is 9.72 Å². The summed E-state index contributed by atoms with van der Waals surface area (Å²) in [6, 6.07) is 0. The zero-order valence-corrected chi connectivity index (χ0v) is 11.4. The van der Waals surface area contributed by atoms with E-state index in [4.69, 9.17) is 4.74 Å². The van der Waals surface area contributed by atoms with Gasteiger partial charge in [0.05, 0.1) is 12.5 Å². The van der Waals surface area contributed by atoms with Gasteiger partial charge in [-0.25, -0.2) is 4.98 Å². The molecule has 3 nitrogen and oxygen atoms in total. The summed E-state index contributed by atoms with van der Waals surface area (Å²) < 4.78 is 6.43. The molecule has 0 aliphatic rings. The third-order valence-electron chi connectivity index (χ3n) is 1.38. The minimum Gasteiger partial charge on any atom is -0.439 e. The van der Waals surface area contributed by atoms with Gasteiger partial charge in [-0.2, -0.15) is 0 Å². The summed E-state index contributed by atoms with van der Waals surface area (Å²) in [6.45, 7) is 9.59. The lowest BCUT2D eigenvalue weighted by Gasteiger charge is -2.01. The Labute approximate surface area is 105 Å². The van der Waals surface area contributed by atoms with Crippen LogP contribution in [0.25, 0.3) is 0 Å². The summed E-state index contributed by atoms with van der Waals surface area (Å²) in [5.41, 5.74) is 0. The average Bonchev–Trinajstić information content (AvgIpc) is 2.79. The SMILES string of the molecule is C=C/C(=C\C=C(/C)Br)Oc1cnc[nH]1.CC. The van der Waals surface area contributed by atoms with Crippen LogP contribution in [0.1, 0.15) is 20.8 Å². The Morgan fingerprint density at radius 1 is 1.50 bits per heavy atom. The first-order valence-corrected chi connectivity index (χ1v) is 5.84. The molecular weight excluding hydrogens is 268 g/mol. The normalized spacial score (nSPS) is 11.5. The monoisotopic (exact) mass is 284 g/mol. The van der Waals surface area contributed by atoms with Crippen molar-refractivity contribution < 1.29 is 4.74 Å². The third kappa shape index (κ3) is 6.24. The minimum atomic E-state index is 0.594. The number of nitrogens with one attached hydrogen (secondary N) is 1. The molecule has 0 radical (unpaired) electrons. The van der Waals surface area contributed by atoms with Crippen molar-refractivity contribution in [3.63, 3.8) is 0 Å². The number of hydrogen-bond acceptors (Lipinski definition) is 2. The van der Waals surface area contributed by atoms with Crippen LogP contribution < -0.4 is 4.74 Å². The van der Waals surface area contributed by atoms with Crippen molar-refractivity contribution in [2.45, 2.75) is 20.8 Å². The molecule has 0 atom stereocenters. The number of halogens is 1. The van der Waals surface area contributed by atoms with Crippen LogP contribution in [0.4, 0.5) is 0 Å². The first kappa shape index (κ1) is 14.7. The van der Waals surface area contributed by atoms with Gasteiger partial charge in [0.25, 0.3) is 0 Å². The van der Waals surface area contributed by atoms with Gasteiger partial charge in [0, 0.05) is 0 Å². The van der Waals surface area contributed by atoms with E-state index in [1.807, 2.05) is 32.9 Å². The van der Waals surface area contributed by atoms with E-state index in [9.17, 15) is 0 Å². The molecule has 1 heterocycles. The topological polar surface area (TPSA) is 37.9 Å². The average molecular weight is 285 g/mol. The molecule has 0 aromatic carbocycles. The molecule has 0 amide bonds. The zero-order valence-electron chi connectivity index (χ0n) is 9.83. The molecule has 0 aliphatic heterocycles. The van der Waals surface area contributed by atoms with Crippen molar-refractivity contribution >= 4 is 15.9 Å². The van der Waals surface area contributed by atoms with Gasteiger partial charge in [-0.05, 0) is 29.6 Å². The van der Waals surface area contributed by atoms with Gasteiger partial charge in [-0.1, -0.05) is 36.4 Å². The van der Waals surface area contributed by atoms with Gasteiger partial charge >= 0.3 is 0 Å². The van der Waals surface area contributed by atoms with Crippen molar-refractivity contribution in [1.82, 2.24) is 9.97 Å². The molecule has 1 rings (SSSR count). The van der Waals surface area contributed by atoms with Crippen molar-refractivity contribution in [2.75, 3.05) is 0 Å². The molecule has 0 fully saturated rings. The summed E-state index contributed by atoms with van der Waals surface area (Å²) >= 11 is 3.32. The molecule has 16 heavy (non-hydrogen) atoms. The Morgan fingerprint density at radius 3 is 2.62 bits per heavy atom. The largest absolute Gasteiger partial charge is 0.439 e. The highest BCUT2D eigenvalue weighted by Gasteiger charge is 1.95. The number of imidazole rings is 1. The molecule has 1 aromatic heterocycles. The van der Waals surface area contributed by atoms with Crippen LogP contribution >= 0.6 is 15.9 Å². The van der Waals surface area contributed by atoms with Gasteiger partial charge in [0.2, 0.25) is 5.88 Å². The van der Waals surface area contributed by atoms with Crippen LogP contribution in [0.5, 0.6) is 5.88 Å². The Hall–Kier alpha value is -1.29.